The number of rotatable bonds is 3. The molecular weight excluding hydrogens is 226 g/mol. The second-order valence-electron chi connectivity index (χ2n) is 4.75. The van der Waals surface area contributed by atoms with Crippen molar-refractivity contribution in [1.29, 1.82) is 0 Å². The molecule has 0 aliphatic heterocycles. The minimum Gasteiger partial charge on any atom is -0.378 e. The molecule has 0 saturated heterocycles. The maximum Gasteiger partial charge on any atom is 0.253 e. The monoisotopic (exact) mass is 241 g/mol. The molecule has 1 aliphatic carbocycles. The Morgan fingerprint density at radius 1 is 1.17 bits per heavy atom. The molecule has 0 spiro atoms. The first kappa shape index (κ1) is 11.2. The van der Waals surface area contributed by atoms with Gasteiger partial charge in [-0.05, 0) is 29.2 Å². The van der Waals surface area contributed by atoms with E-state index >= 15 is 0 Å². The number of amides is 1. The van der Waals surface area contributed by atoms with Gasteiger partial charge in [0.05, 0.1) is 0 Å². The fourth-order valence-corrected chi connectivity index (χ4v) is 2.14. The number of hydrogen-bond donors (Lipinski definition) is 2. The maximum atomic E-state index is 11.9. The number of nitrogens with one attached hydrogen (secondary N) is 1. The quantitative estimate of drug-likeness (QED) is 0.865. The summed E-state index contributed by atoms with van der Waals surface area (Å²) in [5, 5.41) is 14.9. The van der Waals surface area contributed by atoms with E-state index in [0.717, 1.165) is 23.6 Å². The van der Waals surface area contributed by atoms with Crippen molar-refractivity contribution in [2.45, 2.75) is 25.0 Å². The maximum absolute atomic E-state index is 11.9. The summed E-state index contributed by atoms with van der Waals surface area (Å²) in [4.78, 5) is 11.9. The van der Waals surface area contributed by atoms with Crippen LogP contribution < -0.4 is 5.32 Å². The van der Waals surface area contributed by atoms with Gasteiger partial charge in [0.15, 0.2) is 6.10 Å². The van der Waals surface area contributed by atoms with Gasteiger partial charge < -0.3 is 10.4 Å². The Bertz CT molecular complexity index is 585. The van der Waals surface area contributed by atoms with E-state index in [1.54, 1.807) is 6.07 Å². The van der Waals surface area contributed by atoms with Crippen molar-refractivity contribution in [2.75, 3.05) is 0 Å². The summed E-state index contributed by atoms with van der Waals surface area (Å²) in [6, 6.07) is 13.7. The van der Waals surface area contributed by atoms with E-state index in [1.807, 2.05) is 36.4 Å². The van der Waals surface area contributed by atoms with Gasteiger partial charge in [-0.1, -0.05) is 42.5 Å². The van der Waals surface area contributed by atoms with Crippen molar-refractivity contribution < 1.29 is 9.90 Å². The molecule has 3 heteroatoms. The minimum absolute atomic E-state index is 0.266. The lowest BCUT2D eigenvalue weighted by molar-refractivity contribution is -0.129. The molecule has 0 heterocycles. The first-order chi connectivity index (χ1) is 8.75. The fourth-order valence-electron chi connectivity index (χ4n) is 2.14. The highest BCUT2D eigenvalue weighted by atomic mass is 16.3. The normalized spacial score (nSPS) is 16.5. The van der Waals surface area contributed by atoms with Gasteiger partial charge in [-0.15, -0.1) is 0 Å². The van der Waals surface area contributed by atoms with Gasteiger partial charge in [0.25, 0.3) is 5.91 Å². The molecule has 0 aromatic heterocycles. The second-order valence-corrected chi connectivity index (χ2v) is 4.75. The van der Waals surface area contributed by atoms with Gasteiger partial charge in [-0.2, -0.15) is 0 Å². The third-order valence-electron chi connectivity index (χ3n) is 3.29. The number of benzene rings is 2. The number of aliphatic hydroxyl groups excluding tert-OH is 1. The van der Waals surface area contributed by atoms with E-state index < -0.39 is 6.10 Å². The van der Waals surface area contributed by atoms with Gasteiger partial charge in [0, 0.05) is 6.04 Å². The summed E-state index contributed by atoms with van der Waals surface area (Å²) >= 11 is 0. The number of fused-ring (bicyclic) bond motifs is 1. The highest BCUT2D eigenvalue weighted by Crippen LogP contribution is 2.26. The molecule has 0 radical (unpaired) electrons. The van der Waals surface area contributed by atoms with E-state index in [9.17, 15) is 9.90 Å². The van der Waals surface area contributed by atoms with Crippen LogP contribution in [0.5, 0.6) is 0 Å². The smallest absolute Gasteiger partial charge is 0.253 e. The highest BCUT2D eigenvalue weighted by molar-refractivity contribution is 5.92. The molecule has 1 fully saturated rings. The number of carbonyl (C=O) groups is 1. The van der Waals surface area contributed by atoms with Crippen LogP contribution in [0.3, 0.4) is 0 Å². The summed E-state index contributed by atoms with van der Waals surface area (Å²) in [7, 11) is 0. The molecule has 0 bridgehead atoms. The molecule has 3 nitrogen and oxygen atoms in total. The van der Waals surface area contributed by atoms with Crippen LogP contribution >= 0.6 is 0 Å². The Kier molecular flexibility index (Phi) is 2.76. The van der Waals surface area contributed by atoms with Gasteiger partial charge in [-0.3, -0.25) is 4.79 Å². The van der Waals surface area contributed by atoms with Crippen molar-refractivity contribution in [3.8, 4) is 0 Å². The van der Waals surface area contributed by atoms with Crippen molar-refractivity contribution in [2.24, 2.45) is 0 Å². The Hall–Kier alpha value is -1.87. The third-order valence-corrected chi connectivity index (χ3v) is 3.29. The Labute approximate surface area is 105 Å². The molecule has 18 heavy (non-hydrogen) atoms. The molecule has 1 saturated carbocycles. The van der Waals surface area contributed by atoms with E-state index in [1.165, 1.54) is 0 Å². The van der Waals surface area contributed by atoms with Crippen LogP contribution in [0, 0.1) is 0 Å². The van der Waals surface area contributed by atoms with Crippen LogP contribution in [0.2, 0.25) is 0 Å². The highest BCUT2D eigenvalue weighted by Gasteiger charge is 2.27. The molecule has 1 aliphatic rings. The molecule has 1 atom stereocenters. The Morgan fingerprint density at radius 3 is 2.67 bits per heavy atom. The van der Waals surface area contributed by atoms with Crippen molar-refractivity contribution in [3.63, 3.8) is 0 Å². The van der Waals surface area contributed by atoms with Gasteiger partial charge in [0.2, 0.25) is 0 Å². The zero-order valence-electron chi connectivity index (χ0n) is 9.97. The first-order valence-electron chi connectivity index (χ1n) is 6.22. The van der Waals surface area contributed by atoms with E-state index in [0.29, 0.717) is 5.56 Å². The van der Waals surface area contributed by atoms with Crippen LogP contribution in [0.15, 0.2) is 42.5 Å². The number of hydrogen-bond acceptors (Lipinski definition) is 2. The topological polar surface area (TPSA) is 49.3 Å². The van der Waals surface area contributed by atoms with Gasteiger partial charge >= 0.3 is 0 Å². The first-order valence-corrected chi connectivity index (χ1v) is 6.22. The number of carbonyl (C=O) groups excluding carboxylic acids is 1. The summed E-state index contributed by atoms with van der Waals surface area (Å²) in [6.45, 7) is 0. The molecule has 2 aromatic carbocycles. The fraction of sp³-hybridized carbons (Fsp3) is 0.267. The van der Waals surface area contributed by atoms with Crippen LogP contribution in [0.4, 0.5) is 0 Å². The summed E-state index contributed by atoms with van der Waals surface area (Å²) in [5.41, 5.74) is 0.672. The lowest BCUT2D eigenvalue weighted by atomic mass is 10.00. The van der Waals surface area contributed by atoms with Crippen LogP contribution in [0.25, 0.3) is 10.8 Å². The standard InChI is InChI=1S/C15H15NO2/c17-14(15(18)16-11-8-9-11)13-7-3-5-10-4-1-2-6-12(10)13/h1-7,11,14,17H,8-9H2,(H,16,18). The molecule has 2 N–H and O–H groups in total. The second kappa shape index (κ2) is 4.42. The number of aliphatic hydroxyl groups is 1. The van der Waals surface area contributed by atoms with E-state index in [4.69, 9.17) is 0 Å². The van der Waals surface area contributed by atoms with Crippen molar-refractivity contribution >= 4 is 16.7 Å². The van der Waals surface area contributed by atoms with Gasteiger partial charge in [-0.25, -0.2) is 0 Å². The average molecular weight is 241 g/mol. The largest absolute Gasteiger partial charge is 0.378 e. The van der Waals surface area contributed by atoms with E-state index in [-0.39, 0.29) is 11.9 Å². The zero-order chi connectivity index (χ0) is 12.5. The van der Waals surface area contributed by atoms with Crippen molar-refractivity contribution in [1.82, 2.24) is 5.32 Å². The molecule has 1 amide bonds. The van der Waals surface area contributed by atoms with Crippen LogP contribution in [-0.4, -0.2) is 17.1 Å². The molecule has 2 aromatic rings. The summed E-state index contributed by atoms with van der Waals surface area (Å²) in [6.07, 6.45) is 0.957. The molecule has 92 valence electrons. The van der Waals surface area contributed by atoms with Crippen molar-refractivity contribution in [3.05, 3.63) is 48.0 Å². The summed E-state index contributed by atoms with van der Waals surface area (Å²) in [5.74, 6) is -0.297. The average Bonchev–Trinajstić information content (AvgIpc) is 3.21. The lowest BCUT2D eigenvalue weighted by Crippen LogP contribution is -2.31. The SMILES string of the molecule is O=C(NC1CC1)C(O)c1cccc2ccccc12. The predicted octanol–water partition coefficient (Wildman–Crippen LogP) is 2.15. The van der Waals surface area contributed by atoms with Crippen LogP contribution in [0.1, 0.15) is 24.5 Å². The summed E-state index contributed by atoms with van der Waals surface area (Å²) < 4.78 is 0. The van der Waals surface area contributed by atoms with Gasteiger partial charge in [0.1, 0.15) is 0 Å². The van der Waals surface area contributed by atoms with Crippen LogP contribution in [-0.2, 0) is 4.79 Å². The lowest BCUT2D eigenvalue weighted by Gasteiger charge is -2.13. The Balaban J connectivity index is 1.94. The minimum atomic E-state index is -1.09. The Morgan fingerprint density at radius 2 is 1.89 bits per heavy atom. The molecule has 3 rings (SSSR count). The third kappa shape index (κ3) is 2.09. The molecular formula is C15H15NO2. The predicted molar refractivity (Wildman–Crippen MR) is 70.1 cm³/mol. The zero-order valence-corrected chi connectivity index (χ0v) is 9.97. The van der Waals surface area contributed by atoms with E-state index in [2.05, 4.69) is 5.32 Å². The molecule has 1 unspecified atom stereocenters.